The lowest BCUT2D eigenvalue weighted by molar-refractivity contribution is -0.113. The number of para-hydroxylation sites is 1. The third-order valence-electron chi connectivity index (χ3n) is 4.08. The Morgan fingerprint density at radius 2 is 1.71 bits per heavy atom. The van der Waals surface area contributed by atoms with Gasteiger partial charge in [0.2, 0.25) is 5.91 Å². The summed E-state index contributed by atoms with van der Waals surface area (Å²) in [6.45, 7) is 6.04. The molecule has 0 aliphatic heterocycles. The third-order valence-corrected chi connectivity index (χ3v) is 5.71. The number of aryl methyl sites for hydroxylation is 1. The molecule has 0 aliphatic carbocycles. The molecular weight excluding hydrogens is 322 g/mol. The van der Waals surface area contributed by atoms with E-state index in [1.165, 1.54) is 12.1 Å². The van der Waals surface area contributed by atoms with Crippen molar-refractivity contribution >= 4 is 21.4 Å². The van der Waals surface area contributed by atoms with Crippen LogP contribution in [0.3, 0.4) is 0 Å². The van der Waals surface area contributed by atoms with Gasteiger partial charge in [0.25, 0.3) is 0 Å². The molecular formula is C19H23NO3S. The second kappa shape index (κ2) is 7.62. The van der Waals surface area contributed by atoms with E-state index in [9.17, 15) is 13.2 Å². The lowest BCUT2D eigenvalue weighted by atomic mass is 9.97. The Bertz CT molecular complexity index is 811. The quantitative estimate of drug-likeness (QED) is 0.863. The molecule has 0 heterocycles. The van der Waals surface area contributed by atoms with Crippen LogP contribution < -0.4 is 5.32 Å². The molecule has 0 saturated heterocycles. The fraction of sp³-hybridized carbons (Fsp3) is 0.316. The van der Waals surface area contributed by atoms with E-state index in [-0.39, 0.29) is 10.8 Å². The Labute approximate surface area is 143 Å². The predicted molar refractivity (Wildman–Crippen MR) is 97.0 cm³/mol. The minimum atomic E-state index is -3.65. The van der Waals surface area contributed by atoms with Crippen molar-refractivity contribution in [2.24, 2.45) is 0 Å². The molecule has 0 radical (unpaired) electrons. The van der Waals surface area contributed by atoms with Gasteiger partial charge in [-0.3, -0.25) is 4.79 Å². The molecule has 0 saturated carbocycles. The van der Waals surface area contributed by atoms with Crippen LogP contribution in [0.5, 0.6) is 0 Å². The topological polar surface area (TPSA) is 63.2 Å². The lowest BCUT2D eigenvalue weighted by Crippen LogP contribution is -2.23. The molecule has 0 bridgehead atoms. The summed E-state index contributed by atoms with van der Waals surface area (Å²) >= 11 is 0. The first-order valence-corrected chi connectivity index (χ1v) is 9.67. The first-order valence-electron chi connectivity index (χ1n) is 8.01. The molecule has 2 aromatic rings. The monoisotopic (exact) mass is 345 g/mol. The van der Waals surface area contributed by atoms with E-state index in [0.29, 0.717) is 5.69 Å². The van der Waals surface area contributed by atoms with Gasteiger partial charge in [0.15, 0.2) is 9.84 Å². The number of benzene rings is 2. The van der Waals surface area contributed by atoms with Gasteiger partial charge in [-0.25, -0.2) is 8.42 Å². The molecule has 4 nitrogen and oxygen atoms in total. The summed E-state index contributed by atoms with van der Waals surface area (Å²) in [6.07, 6.45) is 0.939. The molecule has 1 N–H and O–H groups in total. The molecule has 0 aliphatic rings. The van der Waals surface area contributed by atoms with Gasteiger partial charge in [0, 0.05) is 5.69 Å². The van der Waals surface area contributed by atoms with Crippen molar-refractivity contribution < 1.29 is 13.2 Å². The van der Waals surface area contributed by atoms with E-state index < -0.39 is 21.5 Å². The van der Waals surface area contributed by atoms with Crippen LogP contribution >= 0.6 is 0 Å². The van der Waals surface area contributed by atoms with Crippen molar-refractivity contribution in [1.82, 2.24) is 0 Å². The SMILES string of the molecule is CCC(C)c1ccccc1NC(=O)CS(=O)(=O)c1ccc(C)cc1. The highest BCUT2D eigenvalue weighted by atomic mass is 32.2. The molecule has 24 heavy (non-hydrogen) atoms. The number of anilines is 1. The van der Waals surface area contributed by atoms with Crippen LogP contribution in [-0.2, 0) is 14.6 Å². The van der Waals surface area contributed by atoms with E-state index in [2.05, 4.69) is 19.2 Å². The van der Waals surface area contributed by atoms with E-state index in [4.69, 9.17) is 0 Å². The maximum Gasteiger partial charge on any atom is 0.239 e. The summed E-state index contributed by atoms with van der Waals surface area (Å²) in [7, 11) is -3.65. The van der Waals surface area contributed by atoms with Crippen molar-refractivity contribution in [2.75, 3.05) is 11.1 Å². The van der Waals surface area contributed by atoms with Crippen molar-refractivity contribution in [3.63, 3.8) is 0 Å². The second-order valence-corrected chi connectivity index (χ2v) is 8.01. The van der Waals surface area contributed by atoms with E-state index >= 15 is 0 Å². The molecule has 1 atom stereocenters. The van der Waals surface area contributed by atoms with Crippen molar-refractivity contribution in [3.8, 4) is 0 Å². The summed E-state index contributed by atoms with van der Waals surface area (Å²) in [5, 5.41) is 2.74. The molecule has 5 heteroatoms. The number of hydrogen-bond donors (Lipinski definition) is 1. The number of carbonyl (C=O) groups is 1. The van der Waals surface area contributed by atoms with E-state index in [0.717, 1.165) is 17.5 Å². The Balaban J connectivity index is 2.15. The van der Waals surface area contributed by atoms with Crippen LogP contribution in [0.1, 0.15) is 37.3 Å². The normalized spacial score (nSPS) is 12.6. The average molecular weight is 345 g/mol. The predicted octanol–water partition coefficient (Wildman–Crippen LogP) is 3.92. The van der Waals surface area contributed by atoms with Gasteiger partial charge in [0.05, 0.1) is 4.90 Å². The van der Waals surface area contributed by atoms with E-state index in [1.54, 1.807) is 18.2 Å². The highest BCUT2D eigenvalue weighted by Gasteiger charge is 2.20. The van der Waals surface area contributed by atoms with E-state index in [1.807, 2.05) is 25.1 Å². The van der Waals surface area contributed by atoms with Crippen LogP contribution in [0.15, 0.2) is 53.4 Å². The van der Waals surface area contributed by atoms with Crippen LogP contribution in [0.25, 0.3) is 0 Å². The number of sulfone groups is 1. The molecule has 1 amide bonds. The molecule has 0 aromatic heterocycles. The molecule has 0 fully saturated rings. The maximum atomic E-state index is 12.4. The number of nitrogens with one attached hydrogen (secondary N) is 1. The number of hydrogen-bond acceptors (Lipinski definition) is 3. The minimum Gasteiger partial charge on any atom is -0.325 e. The maximum absolute atomic E-state index is 12.4. The molecule has 1 unspecified atom stereocenters. The van der Waals surface area contributed by atoms with Gasteiger partial charge in [-0.15, -0.1) is 0 Å². The van der Waals surface area contributed by atoms with Gasteiger partial charge in [-0.2, -0.15) is 0 Å². The summed E-state index contributed by atoms with van der Waals surface area (Å²) in [5.41, 5.74) is 2.66. The number of amides is 1. The molecule has 128 valence electrons. The third kappa shape index (κ3) is 4.45. The van der Waals surface area contributed by atoms with Gasteiger partial charge >= 0.3 is 0 Å². The molecule has 2 rings (SSSR count). The first-order chi connectivity index (χ1) is 11.3. The summed E-state index contributed by atoms with van der Waals surface area (Å²) in [6, 6.07) is 14.0. The summed E-state index contributed by atoms with van der Waals surface area (Å²) in [5.74, 6) is -0.799. The number of carbonyl (C=O) groups excluding carboxylic acids is 1. The largest absolute Gasteiger partial charge is 0.325 e. The van der Waals surface area contributed by atoms with Gasteiger partial charge in [-0.05, 0) is 43.0 Å². The Hall–Kier alpha value is -2.14. The van der Waals surface area contributed by atoms with Crippen molar-refractivity contribution in [3.05, 3.63) is 59.7 Å². The number of rotatable bonds is 6. The van der Waals surface area contributed by atoms with Crippen molar-refractivity contribution in [1.29, 1.82) is 0 Å². The highest BCUT2D eigenvalue weighted by molar-refractivity contribution is 7.92. The van der Waals surface area contributed by atoms with Crippen LogP contribution in [-0.4, -0.2) is 20.1 Å². The fourth-order valence-corrected chi connectivity index (χ4v) is 3.58. The highest BCUT2D eigenvalue weighted by Crippen LogP contribution is 2.26. The standard InChI is InChI=1S/C19H23NO3S/c1-4-15(3)17-7-5-6-8-18(17)20-19(21)13-24(22,23)16-11-9-14(2)10-12-16/h5-12,15H,4,13H2,1-3H3,(H,20,21). The van der Waals surface area contributed by atoms with Gasteiger partial charge in [-0.1, -0.05) is 49.7 Å². The van der Waals surface area contributed by atoms with Gasteiger partial charge in [0.1, 0.15) is 5.75 Å². The molecule has 0 spiro atoms. The Kier molecular flexibility index (Phi) is 5.78. The smallest absolute Gasteiger partial charge is 0.239 e. The van der Waals surface area contributed by atoms with Crippen LogP contribution in [0, 0.1) is 6.92 Å². The Morgan fingerprint density at radius 1 is 1.08 bits per heavy atom. The second-order valence-electron chi connectivity index (χ2n) is 6.02. The summed E-state index contributed by atoms with van der Waals surface area (Å²) in [4.78, 5) is 12.4. The van der Waals surface area contributed by atoms with Gasteiger partial charge < -0.3 is 5.32 Å². The lowest BCUT2D eigenvalue weighted by Gasteiger charge is -2.15. The zero-order valence-electron chi connectivity index (χ0n) is 14.2. The minimum absolute atomic E-state index is 0.165. The zero-order chi connectivity index (χ0) is 17.7. The van der Waals surface area contributed by atoms with Crippen LogP contribution in [0.2, 0.25) is 0 Å². The zero-order valence-corrected chi connectivity index (χ0v) is 15.1. The molecule has 2 aromatic carbocycles. The van der Waals surface area contributed by atoms with Crippen LogP contribution in [0.4, 0.5) is 5.69 Å². The fourth-order valence-electron chi connectivity index (χ4n) is 2.45. The average Bonchev–Trinajstić information content (AvgIpc) is 2.54. The van der Waals surface area contributed by atoms with Crippen molar-refractivity contribution in [2.45, 2.75) is 38.0 Å². The summed E-state index contributed by atoms with van der Waals surface area (Å²) < 4.78 is 24.7. The Morgan fingerprint density at radius 3 is 2.33 bits per heavy atom. The first kappa shape index (κ1) is 18.2.